The second kappa shape index (κ2) is 11.1. The fraction of sp³-hybridized carbons (Fsp3) is 0.250. The molecule has 0 bridgehead atoms. The van der Waals surface area contributed by atoms with Crippen molar-refractivity contribution in [2.24, 2.45) is 0 Å². The molecule has 0 amide bonds. The van der Waals surface area contributed by atoms with Gasteiger partial charge in [0.25, 0.3) is 5.56 Å². The highest BCUT2D eigenvalue weighted by atomic mass is 32.2. The highest BCUT2D eigenvalue weighted by Crippen LogP contribution is 2.35. The van der Waals surface area contributed by atoms with Gasteiger partial charge < -0.3 is 9.84 Å². The van der Waals surface area contributed by atoms with Crippen molar-refractivity contribution >= 4 is 9.84 Å². The Morgan fingerprint density at radius 3 is 2.45 bits per heavy atom. The van der Waals surface area contributed by atoms with Gasteiger partial charge in [-0.05, 0) is 43.2 Å². The van der Waals surface area contributed by atoms with E-state index in [4.69, 9.17) is 4.74 Å². The summed E-state index contributed by atoms with van der Waals surface area (Å²) in [6.45, 7) is 3.76. The number of halogens is 1. The second-order valence-corrected chi connectivity index (χ2v) is 10.7. The van der Waals surface area contributed by atoms with E-state index in [0.29, 0.717) is 35.3 Å². The molecule has 2 heterocycles. The summed E-state index contributed by atoms with van der Waals surface area (Å²) < 4.78 is 47.7. The van der Waals surface area contributed by atoms with Crippen molar-refractivity contribution in [3.05, 3.63) is 94.5 Å². The van der Waals surface area contributed by atoms with Crippen molar-refractivity contribution in [3.8, 4) is 22.8 Å². The molecule has 0 spiro atoms. The first-order valence-corrected chi connectivity index (χ1v) is 13.6. The van der Waals surface area contributed by atoms with Gasteiger partial charge in [0.15, 0.2) is 4.90 Å². The standard InChI is InChI=1S/C28H28FN3O5S/c1-4-5-10-25-31-27(33)26(28(34)32(25)18(2)23-8-6-7-9-24(23)37-3)38(35,36)22-13-11-19(12-14-22)20-15-21(29)17-30-16-20/h6-9,11-18,34H,4-5,10H2,1-3H3. The molecule has 4 aromatic rings. The molecule has 2 aromatic carbocycles. The summed E-state index contributed by atoms with van der Waals surface area (Å²) in [5, 5.41) is 11.4. The maximum Gasteiger partial charge on any atom is 0.296 e. The van der Waals surface area contributed by atoms with Gasteiger partial charge in [-0.1, -0.05) is 43.7 Å². The zero-order chi connectivity index (χ0) is 27.4. The van der Waals surface area contributed by atoms with E-state index >= 15 is 0 Å². The number of sulfone groups is 1. The third kappa shape index (κ3) is 5.17. The summed E-state index contributed by atoms with van der Waals surface area (Å²) in [6, 6.07) is 13.4. The molecule has 0 saturated carbocycles. The van der Waals surface area contributed by atoms with Crippen LogP contribution in [0.4, 0.5) is 4.39 Å². The molecule has 0 radical (unpaired) electrons. The number of unbranched alkanes of at least 4 members (excludes halogenated alkanes) is 1. The van der Waals surface area contributed by atoms with E-state index in [-0.39, 0.29) is 10.7 Å². The fourth-order valence-electron chi connectivity index (χ4n) is 4.37. The van der Waals surface area contributed by atoms with Crippen molar-refractivity contribution in [1.82, 2.24) is 14.5 Å². The molecular formula is C28H28FN3O5S. The number of pyridine rings is 1. The van der Waals surface area contributed by atoms with Gasteiger partial charge in [0.05, 0.1) is 24.2 Å². The molecule has 0 aliphatic rings. The predicted octanol–water partition coefficient (Wildman–Crippen LogP) is 4.94. The van der Waals surface area contributed by atoms with Crippen molar-refractivity contribution in [3.63, 3.8) is 0 Å². The maximum absolute atomic E-state index is 13.6. The zero-order valence-electron chi connectivity index (χ0n) is 21.3. The van der Waals surface area contributed by atoms with E-state index in [0.717, 1.165) is 12.6 Å². The molecule has 8 nitrogen and oxygen atoms in total. The number of methoxy groups -OCH3 is 1. The molecule has 0 fully saturated rings. The van der Waals surface area contributed by atoms with Gasteiger partial charge in [-0.2, -0.15) is 4.98 Å². The summed E-state index contributed by atoms with van der Waals surface area (Å²) in [7, 11) is -2.95. The van der Waals surface area contributed by atoms with Crippen LogP contribution in [0.1, 0.15) is 44.1 Å². The van der Waals surface area contributed by atoms with Crippen molar-refractivity contribution < 1.29 is 22.7 Å². The summed E-state index contributed by atoms with van der Waals surface area (Å²) in [5.41, 5.74) is 0.655. The van der Waals surface area contributed by atoms with Gasteiger partial charge in [-0.15, -0.1) is 0 Å². The lowest BCUT2D eigenvalue weighted by Gasteiger charge is -2.24. The number of nitrogens with zero attached hydrogens (tertiary/aromatic N) is 3. The number of benzene rings is 2. The first-order valence-electron chi connectivity index (χ1n) is 12.1. The van der Waals surface area contributed by atoms with Crippen LogP contribution >= 0.6 is 0 Å². The Morgan fingerprint density at radius 1 is 1.08 bits per heavy atom. The quantitative estimate of drug-likeness (QED) is 0.322. The largest absolute Gasteiger partial charge is 0.496 e. The average molecular weight is 538 g/mol. The van der Waals surface area contributed by atoms with E-state index in [9.17, 15) is 22.7 Å². The molecule has 198 valence electrons. The summed E-state index contributed by atoms with van der Waals surface area (Å²) in [4.78, 5) is 20.0. The molecule has 2 aromatic heterocycles. The molecule has 38 heavy (non-hydrogen) atoms. The van der Waals surface area contributed by atoms with Gasteiger partial charge in [0.1, 0.15) is 17.4 Å². The minimum atomic E-state index is -4.47. The van der Waals surface area contributed by atoms with Crippen molar-refractivity contribution in [1.29, 1.82) is 0 Å². The van der Waals surface area contributed by atoms with Gasteiger partial charge >= 0.3 is 0 Å². The van der Waals surface area contributed by atoms with Crippen molar-refractivity contribution in [2.75, 3.05) is 7.11 Å². The van der Waals surface area contributed by atoms with E-state index in [1.165, 1.54) is 48.2 Å². The van der Waals surface area contributed by atoms with Crippen LogP contribution in [0.15, 0.2) is 81.6 Å². The van der Waals surface area contributed by atoms with Crippen LogP contribution in [0, 0.1) is 5.82 Å². The Hall–Kier alpha value is -4.05. The van der Waals surface area contributed by atoms with Gasteiger partial charge in [0.2, 0.25) is 15.7 Å². The number of aromatic hydroxyl groups is 1. The van der Waals surface area contributed by atoms with E-state index in [1.807, 2.05) is 6.92 Å². The number of rotatable bonds is 9. The number of aryl methyl sites for hydroxylation is 1. The molecule has 0 aliphatic heterocycles. The minimum absolute atomic E-state index is 0.211. The molecule has 1 unspecified atom stereocenters. The summed E-state index contributed by atoms with van der Waals surface area (Å²) >= 11 is 0. The van der Waals surface area contributed by atoms with Crippen molar-refractivity contribution in [2.45, 2.75) is 48.9 Å². The van der Waals surface area contributed by atoms with Crippen LogP contribution in [0.3, 0.4) is 0 Å². The number of aromatic nitrogens is 3. The Bertz CT molecular complexity index is 1620. The predicted molar refractivity (Wildman–Crippen MR) is 141 cm³/mol. The molecule has 10 heteroatoms. The smallest absolute Gasteiger partial charge is 0.296 e. The molecule has 1 N–H and O–H groups in total. The summed E-state index contributed by atoms with van der Waals surface area (Å²) in [5.74, 6) is -0.386. The van der Waals surface area contributed by atoms with Crippen LogP contribution in [-0.2, 0) is 16.3 Å². The highest BCUT2D eigenvalue weighted by Gasteiger charge is 2.31. The lowest BCUT2D eigenvalue weighted by atomic mass is 10.1. The van der Waals surface area contributed by atoms with Crippen LogP contribution in [0.2, 0.25) is 0 Å². The first-order chi connectivity index (χ1) is 18.2. The SMILES string of the molecule is CCCCc1nc(=O)c(S(=O)(=O)c2ccc(-c3cncc(F)c3)cc2)c(O)n1C(C)c1ccccc1OC. The molecule has 0 aliphatic carbocycles. The zero-order valence-corrected chi connectivity index (χ0v) is 22.1. The Labute approximate surface area is 220 Å². The monoisotopic (exact) mass is 537 g/mol. The molecule has 1 atom stereocenters. The van der Waals surface area contributed by atoms with Crippen LogP contribution in [-0.4, -0.2) is 35.2 Å². The molecule has 4 rings (SSSR count). The Kier molecular flexibility index (Phi) is 7.91. The Morgan fingerprint density at radius 2 is 1.79 bits per heavy atom. The third-order valence-corrected chi connectivity index (χ3v) is 8.12. The lowest BCUT2D eigenvalue weighted by Crippen LogP contribution is -2.27. The molecular weight excluding hydrogens is 509 g/mol. The maximum atomic E-state index is 13.6. The fourth-order valence-corrected chi connectivity index (χ4v) is 5.71. The van der Waals surface area contributed by atoms with E-state index in [2.05, 4.69) is 9.97 Å². The number of hydrogen-bond acceptors (Lipinski definition) is 7. The third-order valence-electron chi connectivity index (χ3n) is 6.34. The topological polar surface area (TPSA) is 111 Å². The van der Waals surface area contributed by atoms with E-state index < -0.39 is 38.0 Å². The minimum Gasteiger partial charge on any atom is -0.496 e. The van der Waals surface area contributed by atoms with Crippen LogP contribution in [0.5, 0.6) is 11.6 Å². The first kappa shape index (κ1) is 27.0. The lowest BCUT2D eigenvalue weighted by molar-refractivity contribution is 0.360. The molecule has 0 saturated heterocycles. The number of para-hydroxylation sites is 1. The van der Waals surface area contributed by atoms with Gasteiger partial charge in [-0.25, -0.2) is 12.8 Å². The second-order valence-electron chi connectivity index (χ2n) is 8.80. The number of hydrogen-bond donors (Lipinski definition) is 1. The van der Waals surface area contributed by atoms with Gasteiger partial charge in [0, 0.05) is 23.7 Å². The number of ether oxygens (including phenoxy) is 1. The van der Waals surface area contributed by atoms with Gasteiger partial charge in [-0.3, -0.25) is 14.3 Å². The van der Waals surface area contributed by atoms with E-state index in [1.54, 1.807) is 31.2 Å². The highest BCUT2D eigenvalue weighted by molar-refractivity contribution is 7.91. The normalized spacial score (nSPS) is 12.3. The summed E-state index contributed by atoms with van der Waals surface area (Å²) in [6.07, 6.45) is 4.39. The average Bonchev–Trinajstić information content (AvgIpc) is 2.91. The van der Waals surface area contributed by atoms with Crippen LogP contribution in [0.25, 0.3) is 11.1 Å². The van der Waals surface area contributed by atoms with Crippen LogP contribution < -0.4 is 10.3 Å². The Balaban J connectivity index is 1.85.